The molecule has 0 amide bonds. The van der Waals surface area contributed by atoms with Crippen molar-refractivity contribution in [3.8, 4) is 0 Å². The molecule has 0 saturated carbocycles. The molecule has 1 fully saturated rings. The van der Waals surface area contributed by atoms with Crippen LogP contribution in [0.25, 0.3) is 4.96 Å². The van der Waals surface area contributed by atoms with Gasteiger partial charge < -0.3 is 20.2 Å². The third kappa shape index (κ3) is 1.93. The maximum absolute atomic E-state index is 11.1. The Morgan fingerprint density at radius 3 is 3.33 bits per heavy atom. The summed E-state index contributed by atoms with van der Waals surface area (Å²) in [6.45, 7) is 1.33. The zero-order chi connectivity index (χ0) is 12.5. The Morgan fingerprint density at radius 2 is 2.61 bits per heavy atom. The summed E-state index contributed by atoms with van der Waals surface area (Å²) < 4.78 is 6.95. The van der Waals surface area contributed by atoms with E-state index >= 15 is 0 Å². The first-order valence-electron chi connectivity index (χ1n) is 5.71. The van der Waals surface area contributed by atoms with Gasteiger partial charge in [0.05, 0.1) is 6.10 Å². The lowest BCUT2D eigenvalue weighted by Gasteiger charge is -2.09. The number of thiazole rings is 1. The summed E-state index contributed by atoms with van der Waals surface area (Å²) in [5.74, 6) is 0.312. The molecule has 3 rings (SSSR count). The fourth-order valence-corrected chi connectivity index (χ4v) is 2.79. The molecule has 1 aliphatic rings. The number of hydrogen-bond donors (Lipinski definition) is 1. The molecular weight excluding hydrogens is 256 g/mol. The van der Waals surface area contributed by atoms with Crippen LogP contribution in [0.2, 0.25) is 0 Å². The van der Waals surface area contributed by atoms with Gasteiger partial charge in [-0.15, -0.1) is 0 Å². The van der Waals surface area contributed by atoms with Crippen LogP contribution in [0.4, 0.5) is 11.6 Å². The fraction of sp³-hybridized carbons (Fsp3) is 0.500. The number of hydrogen-bond acceptors (Lipinski definition) is 6. The van der Waals surface area contributed by atoms with Crippen molar-refractivity contribution in [2.45, 2.75) is 18.9 Å². The summed E-state index contributed by atoms with van der Waals surface area (Å²) in [7, 11) is 0. The van der Waals surface area contributed by atoms with Crippen LogP contribution in [0.15, 0.2) is 11.6 Å². The van der Waals surface area contributed by atoms with Crippen LogP contribution in [0.1, 0.15) is 12.8 Å². The molecule has 7 nitrogen and oxygen atoms in total. The molecule has 0 radical (unpaired) electrons. The van der Waals surface area contributed by atoms with Gasteiger partial charge in [-0.2, -0.15) is 9.38 Å². The van der Waals surface area contributed by atoms with Gasteiger partial charge in [0.15, 0.2) is 0 Å². The molecule has 1 saturated heterocycles. The van der Waals surface area contributed by atoms with Crippen LogP contribution in [0, 0.1) is 10.1 Å². The topological polar surface area (TPSA) is 81.7 Å². The van der Waals surface area contributed by atoms with Crippen molar-refractivity contribution in [3.05, 3.63) is 21.7 Å². The second-order valence-electron chi connectivity index (χ2n) is 4.11. The Labute approximate surface area is 107 Å². The number of imidazole rings is 1. The van der Waals surface area contributed by atoms with E-state index in [0.717, 1.165) is 19.4 Å². The summed E-state index contributed by atoms with van der Waals surface area (Å²) in [4.78, 5) is 15.5. The third-order valence-electron chi connectivity index (χ3n) is 2.93. The molecule has 0 spiro atoms. The maximum Gasteiger partial charge on any atom is 0.372 e. The molecule has 2 aromatic heterocycles. The monoisotopic (exact) mass is 268 g/mol. The minimum Gasteiger partial charge on any atom is -0.376 e. The lowest BCUT2D eigenvalue weighted by Crippen LogP contribution is -2.19. The van der Waals surface area contributed by atoms with Gasteiger partial charge in [0.25, 0.3) is 4.96 Å². The SMILES string of the molecule is O=[N+]([O-])c1c(NC[C@H]2CCCO2)nc2sccn12. The van der Waals surface area contributed by atoms with E-state index in [1.807, 2.05) is 0 Å². The number of aromatic nitrogens is 2. The van der Waals surface area contributed by atoms with Crippen molar-refractivity contribution in [1.82, 2.24) is 9.38 Å². The normalized spacial score (nSPS) is 19.4. The first kappa shape index (κ1) is 11.4. The van der Waals surface area contributed by atoms with Gasteiger partial charge in [-0.1, -0.05) is 11.3 Å². The minimum atomic E-state index is -0.412. The van der Waals surface area contributed by atoms with Gasteiger partial charge >= 0.3 is 5.82 Å². The van der Waals surface area contributed by atoms with E-state index in [1.54, 1.807) is 11.6 Å². The van der Waals surface area contributed by atoms with E-state index in [9.17, 15) is 10.1 Å². The first-order chi connectivity index (χ1) is 8.75. The standard InChI is InChI=1S/C10H12N4O3S/c15-14(16)9-8(11-6-7-2-1-4-17-7)12-10-13(9)3-5-18-10/h3,5,7,11H,1-2,4,6H2/t7-/m1/s1. The van der Waals surface area contributed by atoms with Crippen molar-refractivity contribution in [2.24, 2.45) is 0 Å². The predicted octanol–water partition coefficient (Wildman–Crippen LogP) is 1.89. The highest BCUT2D eigenvalue weighted by Crippen LogP contribution is 2.28. The second-order valence-corrected chi connectivity index (χ2v) is 4.99. The van der Waals surface area contributed by atoms with Gasteiger partial charge in [-0.3, -0.25) is 0 Å². The van der Waals surface area contributed by atoms with Crippen LogP contribution in [0.3, 0.4) is 0 Å². The van der Waals surface area contributed by atoms with E-state index in [-0.39, 0.29) is 11.9 Å². The number of nitro groups is 1. The molecule has 0 aliphatic carbocycles. The predicted molar refractivity (Wildman–Crippen MR) is 67.2 cm³/mol. The van der Waals surface area contributed by atoms with Gasteiger partial charge in [0.2, 0.25) is 5.82 Å². The van der Waals surface area contributed by atoms with E-state index in [4.69, 9.17) is 4.74 Å². The van der Waals surface area contributed by atoms with E-state index in [0.29, 0.717) is 17.3 Å². The highest BCUT2D eigenvalue weighted by atomic mass is 32.1. The smallest absolute Gasteiger partial charge is 0.372 e. The van der Waals surface area contributed by atoms with Crippen LogP contribution in [0.5, 0.6) is 0 Å². The zero-order valence-electron chi connectivity index (χ0n) is 9.54. The molecule has 96 valence electrons. The molecular formula is C10H12N4O3S. The Morgan fingerprint density at radius 1 is 1.72 bits per heavy atom. The molecule has 1 aliphatic heterocycles. The number of rotatable bonds is 4. The van der Waals surface area contributed by atoms with Gasteiger partial charge in [0, 0.05) is 18.5 Å². The summed E-state index contributed by atoms with van der Waals surface area (Å²) in [5, 5.41) is 15.9. The van der Waals surface area contributed by atoms with E-state index in [2.05, 4.69) is 10.3 Å². The van der Waals surface area contributed by atoms with Crippen LogP contribution in [-0.4, -0.2) is 33.6 Å². The lowest BCUT2D eigenvalue weighted by atomic mass is 10.2. The molecule has 18 heavy (non-hydrogen) atoms. The Kier molecular flexibility index (Phi) is 2.88. The summed E-state index contributed by atoms with van der Waals surface area (Å²) in [6.07, 6.45) is 3.82. The van der Waals surface area contributed by atoms with Gasteiger partial charge in [-0.05, 0) is 17.8 Å². The molecule has 8 heteroatoms. The molecule has 0 unspecified atom stereocenters. The third-order valence-corrected chi connectivity index (χ3v) is 3.69. The van der Waals surface area contributed by atoms with Crippen molar-refractivity contribution in [2.75, 3.05) is 18.5 Å². The van der Waals surface area contributed by atoms with Crippen molar-refractivity contribution >= 4 is 27.9 Å². The Bertz CT molecular complexity index is 573. The summed E-state index contributed by atoms with van der Waals surface area (Å²) >= 11 is 1.37. The van der Waals surface area contributed by atoms with Crippen LogP contribution >= 0.6 is 11.3 Å². The largest absolute Gasteiger partial charge is 0.376 e. The molecule has 2 aromatic rings. The number of anilines is 1. The van der Waals surface area contributed by atoms with Crippen LogP contribution in [-0.2, 0) is 4.74 Å². The zero-order valence-corrected chi connectivity index (χ0v) is 10.4. The first-order valence-corrected chi connectivity index (χ1v) is 6.59. The summed E-state index contributed by atoms with van der Waals surface area (Å²) in [5.41, 5.74) is 0. The lowest BCUT2D eigenvalue weighted by molar-refractivity contribution is -0.389. The molecule has 1 N–H and O–H groups in total. The quantitative estimate of drug-likeness (QED) is 0.676. The highest BCUT2D eigenvalue weighted by Gasteiger charge is 2.24. The Balaban J connectivity index is 1.83. The average molecular weight is 268 g/mol. The van der Waals surface area contributed by atoms with Crippen molar-refractivity contribution in [1.29, 1.82) is 0 Å². The number of ether oxygens (including phenoxy) is 1. The average Bonchev–Trinajstić information content (AvgIpc) is 3.01. The number of nitrogens with one attached hydrogen (secondary N) is 1. The maximum atomic E-state index is 11.1. The molecule has 0 aromatic carbocycles. The Hall–Kier alpha value is -1.67. The van der Waals surface area contributed by atoms with Gasteiger partial charge in [-0.25, -0.2) is 0 Å². The van der Waals surface area contributed by atoms with E-state index < -0.39 is 4.92 Å². The number of nitrogens with zero attached hydrogens (tertiary/aromatic N) is 3. The minimum absolute atomic E-state index is 0.00996. The van der Waals surface area contributed by atoms with Gasteiger partial charge in [0.1, 0.15) is 6.20 Å². The molecule has 0 bridgehead atoms. The van der Waals surface area contributed by atoms with Crippen LogP contribution < -0.4 is 5.32 Å². The molecule has 1 atom stereocenters. The highest BCUT2D eigenvalue weighted by molar-refractivity contribution is 7.15. The molecule has 3 heterocycles. The fourth-order valence-electron chi connectivity index (χ4n) is 2.08. The van der Waals surface area contributed by atoms with Crippen molar-refractivity contribution < 1.29 is 9.66 Å². The summed E-state index contributed by atoms with van der Waals surface area (Å²) in [6, 6.07) is 0. The van der Waals surface area contributed by atoms with Crippen molar-refractivity contribution in [3.63, 3.8) is 0 Å². The van der Waals surface area contributed by atoms with E-state index in [1.165, 1.54) is 15.7 Å². The second kappa shape index (κ2) is 4.54. The number of fused-ring (bicyclic) bond motifs is 1.